The molecule has 0 amide bonds. The van der Waals surface area contributed by atoms with E-state index >= 15 is 0 Å². The van der Waals surface area contributed by atoms with Crippen LogP contribution >= 0.6 is 10.3 Å². The molecule has 1 aromatic carbocycles. The second-order valence-electron chi connectivity index (χ2n) is 5.21. The zero-order valence-electron chi connectivity index (χ0n) is 12.4. The molecular weight excluding hydrogens is 296 g/mol. The molecule has 0 heterocycles. The van der Waals surface area contributed by atoms with Crippen molar-refractivity contribution >= 4 is 26.2 Å². The van der Waals surface area contributed by atoms with Crippen molar-refractivity contribution in [3.8, 4) is 0 Å². The SMILES string of the molecule is CCCC(=O)CS(C)(C)OS(=O)(=O)c1ccc(C)cc1. The summed E-state index contributed by atoms with van der Waals surface area (Å²) in [6.45, 7) is 3.81. The molecular formula is C14H22O4S2. The van der Waals surface area contributed by atoms with Gasteiger partial charge in [-0.25, -0.2) is 3.63 Å². The summed E-state index contributed by atoms with van der Waals surface area (Å²) in [5.74, 6) is 0.220. The Morgan fingerprint density at radius 3 is 2.20 bits per heavy atom. The second kappa shape index (κ2) is 6.74. The third kappa shape index (κ3) is 5.26. The first-order valence-electron chi connectivity index (χ1n) is 6.42. The van der Waals surface area contributed by atoms with Crippen molar-refractivity contribution in [3.63, 3.8) is 0 Å². The van der Waals surface area contributed by atoms with Crippen molar-refractivity contribution in [1.82, 2.24) is 0 Å². The van der Waals surface area contributed by atoms with Gasteiger partial charge in [0.15, 0.2) is 0 Å². The Hall–Kier alpha value is -0.850. The minimum atomic E-state index is -3.81. The first-order chi connectivity index (χ1) is 9.16. The molecule has 0 aromatic heterocycles. The van der Waals surface area contributed by atoms with Gasteiger partial charge in [-0.2, -0.15) is 8.42 Å². The van der Waals surface area contributed by atoms with E-state index in [4.69, 9.17) is 3.63 Å². The lowest BCUT2D eigenvalue weighted by atomic mass is 10.2. The number of benzene rings is 1. The maximum atomic E-state index is 12.2. The highest BCUT2D eigenvalue weighted by Gasteiger charge is 2.26. The highest BCUT2D eigenvalue weighted by molar-refractivity contribution is 8.32. The second-order valence-corrected chi connectivity index (χ2v) is 10.3. The summed E-state index contributed by atoms with van der Waals surface area (Å²) < 4.78 is 29.7. The highest BCUT2D eigenvalue weighted by atomic mass is 32.3. The monoisotopic (exact) mass is 318 g/mol. The standard InChI is InChI=1S/C14H22O4S2/c1-5-6-13(15)11-19(3,4)18-20(16,17)14-9-7-12(2)8-10-14/h7-10H,5-6,11H2,1-4H3. The smallest absolute Gasteiger partial charge is 0.299 e. The molecule has 0 fully saturated rings. The zero-order chi connectivity index (χ0) is 15.4. The molecule has 0 bridgehead atoms. The summed E-state index contributed by atoms with van der Waals surface area (Å²) in [7, 11) is -5.77. The van der Waals surface area contributed by atoms with E-state index in [9.17, 15) is 13.2 Å². The number of rotatable bonds is 7. The first-order valence-corrected chi connectivity index (χ1v) is 10.4. The van der Waals surface area contributed by atoms with E-state index in [-0.39, 0.29) is 16.4 Å². The molecule has 0 unspecified atom stereocenters. The Labute approximate surface area is 123 Å². The summed E-state index contributed by atoms with van der Waals surface area (Å²) in [4.78, 5) is 11.8. The highest BCUT2D eigenvalue weighted by Crippen LogP contribution is 2.44. The van der Waals surface area contributed by atoms with Crippen LogP contribution < -0.4 is 0 Å². The van der Waals surface area contributed by atoms with Gasteiger partial charge in [0, 0.05) is 6.42 Å². The molecule has 114 valence electrons. The number of carbonyl (C=O) groups excluding carboxylic acids is 1. The predicted octanol–water partition coefficient (Wildman–Crippen LogP) is 3.05. The number of hydrogen-bond acceptors (Lipinski definition) is 4. The van der Waals surface area contributed by atoms with E-state index in [1.165, 1.54) is 12.1 Å². The largest absolute Gasteiger partial charge is 0.306 e. The van der Waals surface area contributed by atoms with Crippen molar-refractivity contribution in [2.45, 2.75) is 31.6 Å². The van der Waals surface area contributed by atoms with Crippen LogP contribution in [0.25, 0.3) is 0 Å². The molecule has 0 spiro atoms. The summed E-state index contributed by atoms with van der Waals surface area (Å²) >= 11 is 0. The van der Waals surface area contributed by atoms with Gasteiger partial charge in [0.25, 0.3) is 0 Å². The lowest BCUT2D eigenvalue weighted by Gasteiger charge is -2.28. The Kier molecular flexibility index (Phi) is 5.79. The molecule has 0 N–H and O–H groups in total. The van der Waals surface area contributed by atoms with Crippen molar-refractivity contribution in [3.05, 3.63) is 29.8 Å². The van der Waals surface area contributed by atoms with Crippen LogP contribution in [0.1, 0.15) is 25.3 Å². The van der Waals surface area contributed by atoms with E-state index in [1.807, 2.05) is 13.8 Å². The molecule has 0 saturated heterocycles. The summed E-state index contributed by atoms with van der Waals surface area (Å²) in [5.41, 5.74) is 0.980. The zero-order valence-corrected chi connectivity index (χ0v) is 14.0. The van der Waals surface area contributed by atoms with Crippen LogP contribution in [0.3, 0.4) is 0 Å². The van der Waals surface area contributed by atoms with Crippen LogP contribution in [0.2, 0.25) is 0 Å². The van der Waals surface area contributed by atoms with Gasteiger partial charge in [-0.15, -0.1) is 10.3 Å². The van der Waals surface area contributed by atoms with Crippen LogP contribution in [-0.4, -0.2) is 32.5 Å². The maximum absolute atomic E-state index is 12.2. The van der Waals surface area contributed by atoms with E-state index in [0.717, 1.165) is 12.0 Å². The van der Waals surface area contributed by atoms with Gasteiger partial charge in [-0.3, -0.25) is 4.79 Å². The summed E-state index contributed by atoms with van der Waals surface area (Å²) in [6.07, 6.45) is 4.63. The fraction of sp³-hybridized carbons (Fsp3) is 0.500. The topological polar surface area (TPSA) is 60.4 Å². The number of Topliss-reactive ketones (excluding diaryl/α,β-unsaturated/α-hetero) is 1. The van der Waals surface area contributed by atoms with Gasteiger partial charge < -0.3 is 0 Å². The molecule has 1 rings (SSSR count). The molecule has 4 nitrogen and oxygen atoms in total. The fourth-order valence-corrected chi connectivity index (χ4v) is 5.59. The number of ketones is 1. The average Bonchev–Trinajstić information content (AvgIpc) is 2.27. The summed E-state index contributed by atoms with van der Waals surface area (Å²) in [6, 6.07) is 6.49. The lowest BCUT2D eigenvalue weighted by molar-refractivity contribution is -0.116. The molecule has 0 aliphatic heterocycles. The van der Waals surface area contributed by atoms with Gasteiger partial charge in [0.1, 0.15) is 5.78 Å². The van der Waals surface area contributed by atoms with Gasteiger partial charge in [0.05, 0.1) is 10.6 Å². The Morgan fingerprint density at radius 2 is 1.70 bits per heavy atom. The van der Waals surface area contributed by atoms with Gasteiger partial charge in [-0.05, 0) is 38.0 Å². The van der Waals surface area contributed by atoms with Gasteiger partial charge >= 0.3 is 10.1 Å². The summed E-state index contributed by atoms with van der Waals surface area (Å²) in [5, 5.41) is 0. The molecule has 0 saturated carbocycles. The van der Waals surface area contributed by atoms with Gasteiger partial charge in [0.2, 0.25) is 0 Å². The third-order valence-corrected chi connectivity index (χ3v) is 6.68. The van der Waals surface area contributed by atoms with Crippen LogP contribution in [0.4, 0.5) is 0 Å². The third-order valence-electron chi connectivity index (χ3n) is 2.62. The molecule has 0 radical (unpaired) electrons. The average molecular weight is 318 g/mol. The fourth-order valence-electron chi connectivity index (χ4n) is 1.75. The van der Waals surface area contributed by atoms with E-state index in [1.54, 1.807) is 24.6 Å². The minimum absolute atomic E-state index is 0.0478. The quantitative estimate of drug-likeness (QED) is 0.775. The van der Waals surface area contributed by atoms with Crippen molar-refractivity contribution in [2.24, 2.45) is 0 Å². The Morgan fingerprint density at radius 1 is 1.15 bits per heavy atom. The van der Waals surface area contributed by atoms with Crippen LogP contribution in [0.15, 0.2) is 29.2 Å². The van der Waals surface area contributed by atoms with Crippen molar-refractivity contribution < 1.29 is 16.8 Å². The lowest BCUT2D eigenvalue weighted by Crippen LogP contribution is -2.18. The van der Waals surface area contributed by atoms with E-state index in [0.29, 0.717) is 6.42 Å². The molecule has 1 aromatic rings. The van der Waals surface area contributed by atoms with Crippen LogP contribution in [0, 0.1) is 6.92 Å². The van der Waals surface area contributed by atoms with Crippen molar-refractivity contribution in [1.29, 1.82) is 0 Å². The van der Waals surface area contributed by atoms with Crippen LogP contribution in [0.5, 0.6) is 0 Å². The van der Waals surface area contributed by atoms with E-state index < -0.39 is 20.4 Å². The minimum Gasteiger partial charge on any atom is -0.299 e. The number of hydrogen-bond donors (Lipinski definition) is 0. The Balaban J connectivity index is 2.84. The van der Waals surface area contributed by atoms with E-state index in [2.05, 4.69) is 0 Å². The molecule has 0 aliphatic rings. The maximum Gasteiger partial charge on any atom is 0.306 e. The van der Waals surface area contributed by atoms with Crippen LogP contribution in [-0.2, 0) is 18.5 Å². The normalized spacial score (nSPS) is 13.2. The number of carbonyl (C=O) groups is 1. The molecule has 20 heavy (non-hydrogen) atoms. The Bertz CT molecular complexity index is 559. The number of aryl methyl sites for hydroxylation is 1. The first kappa shape index (κ1) is 17.2. The molecule has 6 heteroatoms. The predicted molar refractivity (Wildman–Crippen MR) is 83.7 cm³/mol. The van der Waals surface area contributed by atoms with Gasteiger partial charge in [-0.1, -0.05) is 24.6 Å². The molecule has 0 aliphatic carbocycles. The molecule has 0 atom stereocenters. The van der Waals surface area contributed by atoms with Crippen molar-refractivity contribution in [2.75, 3.05) is 18.3 Å².